The molecule has 1 aliphatic heterocycles. The molecule has 1 aromatic heterocycles. The zero-order chi connectivity index (χ0) is 20.8. The van der Waals surface area contributed by atoms with Gasteiger partial charge in [0.2, 0.25) is 0 Å². The summed E-state index contributed by atoms with van der Waals surface area (Å²) < 4.78 is 7.40. The van der Waals surface area contributed by atoms with E-state index < -0.39 is 0 Å². The quantitative estimate of drug-likeness (QED) is 0.592. The Morgan fingerprint density at radius 3 is 2.47 bits per heavy atom. The van der Waals surface area contributed by atoms with Gasteiger partial charge < -0.3 is 10.1 Å². The zero-order valence-electron chi connectivity index (χ0n) is 17.1. The van der Waals surface area contributed by atoms with E-state index in [1.807, 2.05) is 41.3 Å². The Morgan fingerprint density at radius 2 is 1.77 bits per heavy atom. The van der Waals surface area contributed by atoms with Gasteiger partial charge in [0.05, 0.1) is 13.2 Å². The molecule has 0 radical (unpaired) electrons. The molecule has 1 N–H and O–H groups in total. The van der Waals surface area contributed by atoms with Crippen molar-refractivity contribution in [1.82, 2.24) is 19.8 Å². The summed E-state index contributed by atoms with van der Waals surface area (Å²) in [6.45, 7) is 5.04. The lowest BCUT2D eigenvalue weighted by atomic mass is 10.1. The lowest BCUT2D eigenvalue weighted by Crippen LogP contribution is -2.35. The first-order valence-corrected chi connectivity index (χ1v) is 11.3. The number of morpholine rings is 1. The summed E-state index contributed by atoms with van der Waals surface area (Å²) >= 11 is 1.59. The van der Waals surface area contributed by atoms with Gasteiger partial charge in [0, 0.05) is 49.8 Å². The van der Waals surface area contributed by atoms with Crippen LogP contribution in [0.15, 0.2) is 66.1 Å². The molecule has 0 unspecified atom stereocenters. The molecule has 1 aliphatic rings. The van der Waals surface area contributed by atoms with Crippen molar-refractivity contribution in [3.63, 3.8) is 0 Å². The predicted molar refractivity (Wildman–Crippen MR) is 119 cm³/mol. The van der Waals surface area contributed by atoms with E-state index in [1.165, 1.54) is 5.56 Å². The fourth-order valence-corrected chi connectivity index (χ4v) is 4.00. The summed E-state index contributed by atoms with van der Waals surface area (Å²) in [5.41, 5.74) is 4.01. The number of nitrogens with zero attached hydrogens (tertiary/aromatic N) is 3. The van der Waals surface area contributed by atoms with E-state index in [1.54, 1.807) is 18.0 Å². The van der Waals surface area contributed by atoms with E-state index in [-0.39, 0.29) is 5.91 Å². The minimum Gasteiger partial charge on any atom is -0.379 e. The minimum absolute atomic E-state index is 0.0744. The van der Waals surface area contributed by atoms with Gasteiger partial charge in [0.25, 0.3) is 5.91 Å². The maximum atomic E-state index is 12.5. The average molecular weight is 423 g/mol. The second kappa shape index (κ2) is 9.93. The van der Waals surface area contributed by atoms with E-state index >= 15 is 0 Å². The molecule has 3 aromatic rings. The number of hydrogen-bond donors (Lipinski definition) is 1. The van der Waals surface area contributed by atoms with Crippen molar-refractivity contribution in [2.24, 2.45) is 0 Å². The van der Waals surface area contributed by atoms with Crippen molar-refractivity contribution in [2.45, 2.75) is 18.2 Å². The van der Waals surface area contributed by atoms with Crippen LogP contribution in [0, 0.1) is 0 Å². The van der Waals surface area contributed by atoms with Crippen molar-refractivity contribution >= 4 is 17.7 Å². The van der Waals surface area contributed by atoms with Gasteiger partial charge in [-0.15, -0.1) is 0 Å². The van der Waals surface area contributed by atoms with Crippen LogP contribution in [0.4, 0.5) is 0 Å². The zero-order valence-corrected chi connectivity index (χ0v) is 17.9. The van der Waals surface area contributed by atoms with Crippen LogP contribution in [0.25, 0.3) is 5.69 Å². The first-order chi connectivity index (χ1) is 14.7. The largest absolute Gasteiger partial charge is 0.379 e. The number of nitrogens with one attached hydrogen (secondary N) is 1. The number of hydrogen-bond acceptors (Lipinski definition) is 5. The lowest BCUT2D eigenvalue weighted by molar-refractivity contribution is 0.0342. The third-order valence-corrected chi connectivity index (χ3v) is 5.85. The minimum atomic E-state index is -0.0744. The molecule has 1 saturated heterocycles. The highest BCUT2D eigenvalue weighted by molar-refractivity contribution is 7.98. The smallest absolute Gasteiger partial charge is 0.251 e. The highest BCUT2D eigenvalue weighted by atomic mass is 32.2. The monoisotopic (exact) mass is 422 g/mol. The van der Waals surface area contributed by atoms with Crippen LogP contribution in [0.1, 0.15) is 21.5 Å². The molecule has 30 heavy (non-hydrogen) atoms. The van der Waals surface area contributed by atoms with Crippen LogP contribution < -0.4 is 5.32 Å². The van der Waals surface area contributed by atoms with Gasteiger partial charge in [-0.25, -0.2) is 4.98 Å². The summed E-state index contributed by atoms with van der Waals surface area (Å²) in [5.74, 6) is -0.0744. The molecule has 156 valence electrons. The van der Waals surface area contributed by atoms with E-state index in [9.17, 15) is 4.79 Å². The van der Waals surface area contributed by atoms with Crippen molar-refractivity contribution < 1.29 is 9.53 Å². The van der Waals surface area contributed by atoms with Gasteiger partial charge in [-0.05, 0) is 41.6 Å². The number of ether oxygens (including phenoxy) is 1. The van der Waals surface area contributed by atoms with Crippen LogP contribution in [-0.4, -0.2) is 52.9 Å². The maximum Gasteiger partial charge on any atom is 0.251 e. The van der Waals surface area contributed by atoms with Gasteiger partial charge in [0.1, 0.15) is 0 Å². The highest BCUT2D eigenvalue weighted by Crippen LogP contribution is 2.18. The topological polar surface area (TPSA) is 59.4 Å². The average Bonchev–Trinajstić information content (AvgIpc) is 3.28. The van der Waals surface area contributed by atoms with Gasteiger partial charge in [-0.2, -0.15) is 0 Å². The molecule has 0 spiro atoms. The van der Waals surface area contributed by atoms with Crippen LogP contribution in [0.3, 0.4) is 0 Å². The highest BCUT2D eigenvalue weighted by Gasteiger charge is 2.11. The molecular weight excluding hydrogens is 396 g/mol. The molecule has 1 amide bonds. The number of imidazole rings is 1. The number of carbonyl (C=O) groups excluding carboxylic acids is 1. The summed E-state index contributed by atoms with van der Waals surface area (Å²) in [6, 6.07) is 16.0. The molecule has 1 fully saturated rings. The fraction of sp³-hybridized carbons (Fsp3) is 0.304. The Hall–Kier alpha value is -2.61. The van der Waals surface area contributed by atoms with E-state index in [0.29, 0.717) is 12.1 Å². The normalized spacial score (nSPS) is 14.6. The summed E-state index contributed by atoms with van der Waals surface area (Å²) in [7, 11) is 0. The molecular formula is C23H26N4O2S. The molecule has 6 nitrogen and oxygen atoms in total. The van der Waals surface area contributed by atoms with Crippen molar-refractivity contribution in [3.8, 4) is 5.69 Å². The molecule has 0 saturated carbocycles. The molecule has 2 heterocycles. The molecule has 7 heteroatoms. The molecule has 2 aromatic carbocycles. The predicted octanol–water partition coefficient (Wildman–Crippen LogP) is 3.36. The Balaban J connectivity index is 1.31. The molecule has 0 aliphatic carbocycles. The molecule has 0 atom stereocenters. The number of amides is 1. The van der Waals surface area contributed by atoms with E-state index in [2.05, 4.69) is 39.5 Å². The van der Waals surface area contributed by atoms with Crippen LogP contribution >= 0.6 is 11.8 Å². The second-order valence-electron chi connectivity index (χ2n) is 7.22. The van der Waals surface area contributed by atoms with Crippen molar-refractivity contribution in [3.05, 3.63) is 77.6 Å². The van der Waals surface area contributed by atoms with E-state index in [4.69, 9.17) is 4.74 Å². The van der Waals surface area contributed by atoms with Crippen LogP contribution in [0.5, 0.6) is 0 Å². The Bertz CT molecular complexity index is 964. The lowest BCUT2D eigenvalue weighted by Gasteiger charge is -2.26. The Kier molecular flexibility index (Phi) is 6.84. The number of benzene rings is 2. The summed E-state index contributed by atoms with van der Waals surface area (Å²) in [5, 5.41) is 3.92. The SMILES string of the molecule is CSc1nccn1-c1ccc(C(=O)NCc2ccc(CN3CCOCC3)cc2)cc1. The second-order valence-corrected chi connectivity index (χ2v) is 7.99. The number of thioether (sulfide) groups is 1. The fourth-order valence-electron chi connectivity index (χ4n) is 3.48. The van der Waals surface area contributed by atoms with Crippen LogP contribution in [0.2, 0.25) is 0 Å². The van der Waals surface area contributed by atoms with Crippen molar-refractivity contribution in [2.75, 3.05) is 32.6 Å². The third-order valence-electron chi connectivity index (χ3n) is 5.18. The summed E-state index contributed by atoms with van der Waals surface area (Å²) in [6.07, 6.45) is 5.69. The first-order valence-electron chi connectivity index (χ1n) is 10.1. The number of aromatic nitrogens is 2. The van der Waals surface area contributed by atoms with Gasteiger partial charge in [-0.1, -0.05) is 36.0 Å². The number of rotatable bonds is 7. The number of carbonyl (C=O) groups is 1. The maximum absolute atomic E-state index is 12.5. The summed E-state index contributed by atoms with van der Waals surface area (Å²) in [4.78, 5) is 19.2. The first kappa shape index (κ1) is 20.7. The van der Waals surface area contributed by atoms with Gasteiger partial charge >= 0.3 is 0 Å². The van der Waals surface area contributed by atoms with Gasteiger partial charge in [0.15, 0.2) is 5.16 Å². The Labute approximate surface area is 181 Å². The third kappa shape index (κ3) is 5.11. The molecule has 0 bridgehead atoms. The van der Waals surface area contributed by atoms with Gasteiger partial charge in [-0.3, -0.25) is 14.3 Å². The Morgan fingerprint density at radius 1 is 1.07 bits per heavy atom. The van der Waals surface area contributed by atoms with Crippen molar-refractivity contribution in [1.29, 1.82) is 0 Å². The molecule has 4 rings (SSSR count). The van der Waals surface area contributed by atoms with Crippen LogP contribution in [-0.2, 0) is 17.8 Å². The standard InChI is InChI=1S/C23H26N4O2S/c1-30-23-24-10-11-27(23)21-8-6-20(7-9-21)22(28)25-16-18-2-4-19(5-3-18)17-26-12-14-29-15-13-26/h2-11H,12-17H2,1H3,(H,25,28). The van der Waals surface area contributed by atoms with E-state index in [0.717, 1.165) is 49.3 Å².